The zero-order chi connectivity index (χ0) is 27.6. The number of nitrogens with one attached hydrogen (secondary N) is 3. The molecule has 39 heavy (non-hydrogen) atoms. The van der Waals surface area contributed by atoms with Crippen molar-refractivity contribution in [3.8, 4) is 0 Å². The number of aryl methyl sites for hydroxylation is 2. The summed E-state index contributed by atoms with van der Waals surface area (Å²) in [7, 11) is 3.20. The van der Waals surface area contributed by atoms with Crippen molar-refractivity contribution in [3.05, 3.63) is 111 Å². The Morgan fingerprint density at radius 2 is 1.51 bits per heavy atom. The highest BCUT2D eigenvalue weighted by atomic mass is 19.1. The van der Waals surface area contributed by atoms with E-state index in [1.807, 2.05) is 24.3 Å². The zero-order valence-corrected chi connectivity index (χ0v) is 21.8. The number of nitrogens with two attached hydrogens (primary N) is 1. The van der Waals surface area contributed by atoms with Crippen molar-refractivity contribution in [2.45, 2.75) is 37.1 Å². The Morgan fingerprint density at radius 1 is 0.949 bits per heavy atom. The smallest absolute Gasteiger partial charge is 0.251 e. The van der Waals surface area contributed by atoms with Crippen molar-refractivity contribution in [1.29, 1.82) is 0 Å². The van der Waals surface area contributed by atoms with Gasteiger partial charge < -0.3 is 16.4 Å². The van der Waals surface area contributed by atoms with Gasteiger partial charge in [-0.2, -0.15) is 5.21 Å². The maximum absolute atomic E-state index is 13.5. The molecule has 0 saturated carbocycles. The Hall–Kier alpha value is -4.44. The van der Waals surface area contributed by atoms with E-state index in [1.54, 1.807) is 38.4 Å². The van der Waals surface area contributed by atoms with Crippen molar-refractivity contribution in [3.63, 3.8) is 0 Å². The Labute approximate surface area is 225 Å². The fourth-order valence-electron chi connectivity index (χ4n) is 5.70. The van der Waals surface area contributed by atoms with E-state index in [2.05, 4.69) is 31.3 Å². The molecular weight excluding hydrogens is 497 g/mol. The second-order valence-corrected chi connectivity index (χ2v) is 9.84. The standard InChI is InChI=1S/C29H30FN7O2/c1-32-26(38)20-7-11-24-18(14-20)5-6-19-15-21(27(39)33-2)8-12-25(19)29(24,28-34-36-37-35-28)16-23(31)13-17-3-9-22(30)10-4-17/h3-4,7-12,14-15,23H,5-6,13,16,31H2,1-2H3,(H,32,38)(H,33,39)(H,34,35,36,37)/t23-/m0/s1. The molecule has 200 valence electrons. The van der Waals surface area contributed by atoms with Crippen LogP contribution in [0.4, 0.5) is 4.39 Å². The summed E-state index contributed by atoms with van der Waals surface area (Å²) in [6, 6.07) is 17.2. The molecule has 1 atom stereocenters. The van der Waals surface area contributed by atoms with Gasteiger partial charge in [-0.3, -0.25) is 9.59 Å². The van der Waals surface area contributed by atoms with E-state index in [0.29, 0.717) is 42.6 Å². The molecule has 1 aromatic heterocycles. The van der Waals surface area contributed by atoms with Gasteiger partial charge in [0.2, 0.25) is 0 Å². The monoisotopic (exact) mass is 527 g/mol. The number of hydrogen-bond acceptors (Lipinski definition) is 6. The van der Waals surface area contributed by atoms with E-state index in [9.17, 15) is 14.0 Å². The highest BCUT2D eigenvalue weighted by molar-refractivity contribution is 5.95. The highest BCUT2D eigenvalue weighted by Gasteiger charge is 2.45. The number of nitrogens with zero attached hydrogens (tertiary/aromatic N) is 3. The predicted octanol–water partition coefficient (Wildman–Crippen LogP) is 2.45. The van der Waals surface area contributed by atoms with Gasteiger partial charge in [-0.15, -0.1) is 10.2 Å². The Balaban J connectivity index is 1.71. The van der Waals surface area contributed by atoms with Gasteiger partial charge in [0.05, 0.1) is 5.41 Å². The lowest BCUT2D eigenvalue weighted by Gasteiger charge is -2.36. The molecule has 1 aliphatic carbocycles. The number of carbonyl (C=O) groups excluding carboxylic acids is 2. The van der Waals surface area contributed by atoms with E-state index >= 15 is 0 Å². The first-order valence-corrected chi connectivity index (χ1v) is 12.8. The summed E-state index contributed by atoms with van der Waals surface area (Å²) in [6.45, 7) is 0. The van der Waals surface area contributed by atoms with Crippen LogP contribution >= 0.6 is 0 Å². The summed E-state index contributed by atoms with van der Waals surface area (Å²) in [6.07, 6.45) is 2.17. The van der Waals surface area contributed by atoms with Gasteiger partial charge >= 0.3 is 0 Å². The van der Waals surface area contributed by atoms with Gasteiger partial charge in [-0.25, -0.2) is 4.39 Å². The molecule has 0 bridgehead atoms. The van der Waals surface area contributed by atoms with E-state index in [1.165, 1.54) is 12.1 Å². The maximum Gasteiger partial charge on any atom is 0.251 e. The Morgan fingerprint density at radius 3 is 2.00 bits per heavy atom. The number of benzene rings is 3. The third kappa shape index (κ3) is 4.90. The summed E-state index contributed by atoms with van der Waals surface area (Å²) in [5, 5.41) is 20.8. The number of rotatable bonds is 7. The highest BCUT2D eigenvalue weighted by Crippen LogP contribution is 2.47. The van der Waals surface area contributed by atoms with E-state index < -0.39 is 5.41 Å². The fraction of sp³-hybridized carbons (Fsp3) is 0.276. The van der Waals surface area contributed by atoms with Gasteiger partial charge in [0, 0.05) is 31.3 Å². The van der Waals surface area contributed by atoms with Gasteiger partial charge in [0.15, 0.2) is 5.82 Å². The molecule has 2 amide bonds. The number of amides is 2. The molecule has 9 nitrogen and oxygen atoms in total. The van der Waals surface area contributed by atoms with Crippen LogP contribution in [-0.4, -0.2) is 52.6 Å². The first kappa shape index (κ1) is 26.2. The zero-order valence-electron chi connectivity index (χ0n) is 21.8. The van der Waals surface area contributed by atoms with Crippen LogP contribution in [0, 0.1) is 5.82 Å². The first-order chi connectivity index (χ1) is 18.8. The molecular formula is C29H30FN7O2. The van der Waals surface area contributed by atoms with Crippen LogP contribution in [-0.2, 0) is 24.7 Å². The second kappa shape index (κ2) is 10.7. The van der Waals surface area contributed by atoms with E-state index in [4.69, 9.17) is 5.73 Å². The molecule has 1 heterocycles. The van der Waals surface area contributed by atoms with Crippen LogP contribution in [0.25, 0.3) is 0 Å². The van der Waals surface area contributed by atoms with Crippen molar-refractivity contribution < 1.29 is 14.0 Å². The van der Waals surface area contributed by atoms with E-state index in [0.717, 1.165) is 27.8 Å². The van der Waals surface area contributed by atoms with Crippen molar-refractivity contribution in [2.75, 3.05) is 14.1 Å². The lowest BCUT2D eigenvalue weighted by atomic mass is 9.67. The van der Waals surface area contributed by atoms with Gasteiger partial charge in [0.25, 0.3) is 11.8 Å². The maximum atomic E-state index is 13.5. The van der Waals surface area contributed by atoms with Gasteiger partial charge in [-0.05, 0) is 89.9 Å². The largest absolute Gasteiger partial charge is 0.355 e. The molecule has 0 aliphatic heterocycles. The summed E-state index contributed by atoms with van der Waals surface area (Å²) in [4.78, 5) is 25.0. The molecule has 5 N–H and O–H groups in total. The Kier molecular flexibility index (Phi) is 7.21. The topological polar surface area (TPSA) is 139 Å². The number of aromatic amines is 1. The quantitative estimate of drug-likeness (QED) is 0.291. The summed E-state index contributed by atoms with van der Waals surface area (Å²) in [5.74, 6) is -0.220. The van der Waals surface area contributed by atoms with Crippen LogP contribution in [0.1, 0.15) is 60.8 Å². The predicted molar refractivity (Wildman–Crippen MR) is 144 cm³/mol. The molecule has 3 aromatic carbocycles. The average molecular weight is 528 g/mol. The summed E-state index contributed by atoms with van der Waals surface area (Å²) >= 11 is 0. The average Bonchev–Trinajstić information content (AvgIpc) is 3.46. The summed E-state index contributed by atoms with van der Waals surface area (Å²) < 4.78 is 13.5. The normalized spacial score (nSPS) is 14.5. The van der Waals surface area contributed by atoms with Crippen molar-refractivity contribution >= 4 is 11.8 Å². The number of hydrogen-bond donors (Lipinski definition) is 4. The molecule has 10 heteroatoms. The SMILES string of the molecule is CNC(=O)c1ccc2c(c1)CCc1cc(C(=O)NC)ccc1C2(C[C@@H](N)Cc1ccc(F)cc1)c1nn[nH]n1. The van der Waals surface area contributed by atoms with Crippen LogP contribution in [0.2, 0.25) is 0 Å². The number of aromatic nitrogens is 4. The number of H-pyrrole nitrogens is 1. The minimum Gasteiger partial charge on any atom is -0.355 e. The first-order valence-electron chi connectivity index (χ1n) is 12.8. The van der Waals surface area contributed by atoms with Crippen LogP contribution in [0.3, 0.4) is 0 Å². The minimum atomic E-state index is -0.921. The minimum absolute atomic E-state index is 0.181. The van der Waals surface area contributed by atoms with Crippen LogP contribution in [0.15, 0.2) is 60.7 Å². The molecule has 0 fully saturated rings. The molecule has 0 radical (unpaired) electrons. The van der Waals surface area contributed by atoms with Gasteiger partial charge in [0.1, 0.15) is 5.82 Å². The lowest BCUT2D eigenvalue weighted by molar-refractivity contribution is 0.0955. The van der Waals surface area contributed by atoms with Crippen LogP contribution in [0.5, 0.6) is 0 Å². The Bertz CT molecular complexity index is 1440. The summed E-state index contributed by atoms with van der Waals surface area (Å²) in [5.41, 5.74) is 11.7. The fourth-order valence-corrected chi connectivity index (χ4v) is 5.70. The third-order valence-electron chi connectivity index (χ3n) is 7.48. The number of halogens is 1. The number of carbonyl (C=O) groups is 2. The van der Waals surface area contributed by atoms with Gasteiger partial charge in [-0.1, -0.05) is 29.5 Å². The number of fused-ring (bicyclic) bond motifs is 2. The molecule has 0 saturated heterocycles. The van der Waals surface area contributed by atoms with Crippen LogP contribution < -0.4 is 16.4 Å². The number of tetrazole rings is 1. The molecule has 1 aliphatic rings. The molecule has 0 unspecified atom stereocenters. The molecule has 5 rings (SSSR count). The molecule has 0 spiro atoms. The van der Waals surface area contributed by atoms with Crippen molar-refractivity contribution in [1.82, 2.24) is 31.3 Å². The second-order valence-electron chi connectivity index (χ2n) is 9.84. The van der Waals surface area contributed by atoms with E-state index in [-0.39, 0.29) is 23.7 Å². The van der Waals surface area contributed by atoms with Crippen molar-refractivity contribution in [2.24, 2.45) is 5.73 Å². The third-order valence-corrected chi connectivity index (χ3v) is 7.48. The molecule has 4 aromatic rings. The lowest BCUT2D eigenvalue weighted by Crippen LogP contribution is -2.40.